The fraction of sp³-hybridized carbons (Fsp3) is 0.462. The molecule has 110 valence electrons. The lowest BCUT2D eigenvalue weighted by Crippen LogP contribution is -2.25. The smallest absolute Gasteiger partial charge is 0.332 e. The van der Waals surface area contributed by atoms with Crippen molar-refractivity contribution in [3.8, 4) is 0 Å². The van der Waals surface area contributed by atoms with Crippen molar-refractivity contribution in [1.82, 2.24) is 0 Å². The number of aliphatic carboxylic acids is 1. The summed E-state index contributed by atoms with van der Waals surface area (Å²) in [5.74, 6) is -1.29. The maximum Gasteiger partial charge on any atom is 0.332 e. The first-order chi connectivity index (χ1) is 9.35. The zero-order valence-electron chi connectivity index (χ0n) is 10.7. The van der Waals surface area contributed by atoms with E-state index in [2.05, 4.69) is 0 Å². The summed E-state index contributed by atoms with van der Waals surface area (Å²) < 4.78 is 29.3. The summed E-state index contributed by atoms with van der Waals surface area (Å²) in [6.45, 7) is 0. The molecule has 0 bridgehead atoms. The monoisotopic (exact) mass is 318 g/mol. The first kappa shape index (κ1) is 15.3. The van der Waals surface area contributed by atoms with Gasteiger partial charge in [-0.25, -0.2) is 13.2 Å². The van der Waals surface area contributed by atoms with Crippen molar-refractivity contribution in [1.29, 1.82) is 0 Å². The average molecular weight is 319 g/mol. The van der Waals surface area contributed by atoms with Crippen molar-refractivity contribution < 1.29 is 23.1 Å². The van der Waals surface area contributed by atoms with Crippen LogP contribution in [0.3, 0.4) is 0 Å². The van der Waals surface area contributed by atoms with E-state index in [1.54, 1.807) is 24.3 Å². The van der Waals surface area contributed by atoms with Gasteiger partial charge in [0.05, 0.1) is 17.6 Å². The molecule has 7 heteroatoms. The summed E-state index contributed by atoms with van der Waals surface area (Å²) >= 11 is 5.74. The second kappa shape index (κ2) is 6.11. The Bertz CT molecular complexity index is 581. The Balaban J connectivity index is 1.95. The van der Waals surface area contributed by atoms with E-state index in [1.807, 2.05) is 0 Å². The molecule has 20 heavy (non-hydrogen) atoms. The average Bonchev–Trinajstić information content (AvgIpc) is 2.79. The van der Waals surface area contributed by atoms with Crippen LogP contribution in [0, 0.1) is 0 Å². The topological polar surface area (TPSA) is 80.7 Å². The second-order valence-corrected chi connectivity index (χ2v) is 7.39. The molecule has 0 aliphatic carbocycles. The Kier molecular flexibility index (Phi) is 4.67. The molecule has 1 aromatic carbocycles. The van der Waals surface area contributed by atoms with E-state index in [1.165, 1.54) is 0 Å². The second-order valence-electron chi connectivity index (χ2n) is 4.84. The Morgan fingerprint density at radius 1 is 1.30 bits per heavy atom. The van der Waals surface area contributed by atoms with Crippen LogP contribution >= 0.6 is 11.6 Å². The summed E-state index contributed by atoms with van der Waals surface area (Å²) in [5, 5.41) is 9.35. The largest absolute Gasteiger partial charge is 0.479 e. The predicted molar refractivity (Wildman–Crippen MR) is 74.5 cm³/mol. The summed E-state index contributed by atoms with van der Waals surface area (Å²) in [7, 11) is -3.34. The summed E-state index contributed by atoms with van der Waals surface area (Å²) in [6.07, 6.45) is -0.605. The highest BCUT2D eigenvalue weighted by Gasteiger charge is 2.33. The fourth-order valence-electron chi connectivity index (χ4n) is 2.19. The van der Waals surface area contributed by atoms with Crippen LogP contribution in [-0.2, 0) is 25.1 Å². The molecule has 2 rings (SSSR count). The molecular weight excluding hydrogens is 304 g/mol. The van der Waals surface area contributed by atoms with Gasteiger partial charge in [0, 0.05) is 5.02 Å². The molecule has 1 aromatic rings. The van der Waals surface area contributed by atoms with Gasteiger partial charge in [0.25, 0.3) is 0 Å². The van der Waals surface area contributed by atoms with E-state index in [0.29, 0.717) is 23.4 Å². The van der Waals surface area contributed by atoms with Gasteiger partial charge in [-0.05, 0) is 30.5 Å². The molecule has 0 amide bonds. The van der Waals surface area contributed by atoms with Crippen molar-refractivity contribution >= 4 is 27.4 Å². The lowest BCUT2D eigenvalue weighted by molar-refractivity contribution is -0.148. The third-order valence-electron chi connectivity index (χ3n) is 3.12. The summed E-state index contributed by atoms with van der Waals surface area (Å²) in [5.41, 5.74) is 0.655. The van der Waals surface area contributed by atoms with Crippen molar-refractivity contribution in [3.63, 3.8) is 0 Å². The number of sulfone groups is 1. The Morgan fingerprint density at radius 3 is 2.50 bits per heavy atom. The molecule has 1 aliphatic heterocycles. The highest BCUT2D eigenvalue weighted by molar-refractivity contribution is 7.90. The molecule has 0 radical (unpaired) electrons. The number of rotatable bonds is 5. The van der Waals surface area contributed by atoms with Gasteiger partial charge < -0.3 is 9.84 Å². The van der Waals surface area contributed by atoms with Crippen LogP contribution in [0.5, 0.6) is 0 Å². The molecular formula is C13H15ClO5S. The van der Waals surface area contributed by atoms with Crippen LogP contribution in [-0.4, -0.2) is 37.5 Å². The number of carbonyl (C=O) groups is 1. The van der Waals surface area contributed by atoms with Crippen LogP contribution in [0.4, 0.5) is 0 Å². The number of benzene rings is 1. The first-order valence-corrected chi connectivity index (χ1v) is 8.39. The van der Waals surface area contributed by atoms with Crippen LogP contribution in [0.25, 0.3) is 0 Å². The molecule has 1 N–H and O–H groups in total. The van der Waals surface area contributed by atoms with Crippen molar-refractivity contribution in [3.05, 3.63) is 34.9 Å². The molecule has 1 aliphatic rings. The van der Waals surface area contributed by atoms with Gasteiger partial charge in [-0.2, -0.15) is 0 Å². The number of ether oxygens (including phenoxy) is 1. The van der Waals surface area contributed by atoms with Gasteiger partial charge in [0.1, 0.15) is 0 Å². The Labute approximate surface area is 122 Å². The number of carboxylic acids is 1. The van der Waals surface area contributed by atoms with Crippen LogP contribution in [0.15, 0.2) is 24.3 Å². The first-order valence-electron chi connectivity index (χ1n) is 6.19. The lowest BCUT2D eigenvalue weighted by atomic mass is 10.2. The van der Waals surface area contributed by atoms with Crippen LogP contribution < -0.4 is 0 Å². The zero-order valence-corrected chi connectivity index (χ0v) is 12.2. The molecule has 2 unspecified atom stereocenters. The van der Waals surface area contributed by atoms with E-state index in [9.17, 15) is 13.2 Å². The van der Waals surface area contributed by atoms with Crippen LogP contribution in [0.2, 0.25) is 5.02 Å². The van der Waals surface area contributed by atoms with E-state index >= 15 is 0 Å². The quantitative estimate of drug-likeness (QED) is 0.896. The molecule has 5 nitrogen and oxygen atoms in total. The Hall–Kier alpha value is -1.11. The SMILES string of the molecule is O=C(O)C1CCC(CS(=O)(=O)Cc2ccc(Cl)cc2)O1. The normalized spacial score (nSPS) is 22.9. The third kappa shape index (κ3) is 4.19. The molecule has 0 aromatic heterocycles. The molecule has 2 atom stereocenters. The third-order valence-corrected chi connectivity index (χ3v) is 5.03. The van der Waals surface area contributed by atoms with Crippen molar-refractivity contribution in [2.75, 3.05) is 5.75 Å². The summed E-state index contributed by atoms with van der Waals surface area (Å²) in [6, 6.07) is 6.60. The maximum atomic E-state index is 12.1. The van der Waals surface area contributed by atoms with E-state index in [-0.39, 0.29) is 11.5 Å². The van der Waals surface area contributed by atoms with Gasteiger partial charge in [0.2, 0.25) is 0 Å². The molecule has 1 saturated heterocycles. The highest BCUT2D eigenvalue weighted by atomic mass is 35.5. The number of carboxylic acid groups (broad SMARTS) is 1. The Morgan fingerprint density at radius 2 is 1.95 bits per heavy atom. The van der Waals surface area contributed by atoms with Crippen molar-refractivity contribution in [2.45, 2.75) is 30.8 Å². The van der Waals surface area contributed by atoms with Gasteiger partial charge in [-0.1, -0.05) is 23.7 Å². The molecule has 1 heterocycles. The zero-order chi connectivity index (χ0) is 14.8. The summed E-state index contributed by atoms with van der Waals surface area (Å²) in [4.78, 5) is 10.7. The standard InChI is InChI=1S/C13H15ClO5S/c14-10-3-1-9(2-4-10)7-20(17,18)8-11-5-6-12(19-11)13(15)16/h1-4,11-12H,5-8H2,(H,15,16). The number of hydrogen-bond acceptors (Lipinski definition) is 4. The van der Waals surface area contributed by atoms with E-state index in [4.69, 9.17) is 21.4 Å². The minimum atomic E-state index is -3.34. The van der Waals surface area contributed by atoms with E-state index < -0.39 is 28.0 Å². The predicted octanol–water partition coefficient (Wildman–Crippen LogP) is 1.89. The number of hydrogen-bond donors (Lipinski definition) is 1. The molecule has 1 fully saturated rings. The van der Waals surface area contributed by atoms with Gasteiger partial charge in [0.15, 0.2) is 15.9 Å². The maximum absolute atomic E-state index is 12.1. The van der Waals surface area contributed by atoms with Gasteiger partial charge >= 0.3 is 5.97 Å². The fourth-order valence-corrected chi connectivity index (χ4v) is 3.94. The van der Waals surface area contributed by atoms with Gasteiger partial charge in [-0.15, -0.1) is 0 Å². The van der Waals surface area contributed by atoms with Gasteiger partial charge in [-0.3, -0.25) is 0 Å². The van der Waals surface area contributed by atoms with E-state index in [0.717, 1.165) is 0 Å². The van der Waals surface area contributed by atoms with Crippen molar-refractivity contribution in [2.24, 2.45) is 0 Å². The minimum Gasteiger partial charge on any atom is -0.479 e. The highest BCUT2D eigenvalue weighted by Crippen LogP contribution is 2.22. The molecule has 0 saturated carbocycles. The minimum absolute atomic E-state index is 0.0955. The van der Waals surface area contributed by atoms with Crippen LogP contribution in [0.1, 0.15) is 18.4 Å². The molecule has 0 spiro atoms. The lowest BCUT2D eigenvalue weighted by Gasteiger charge is -2.11. The number of halogens is 1.